The highest BCUT2D eigenvalue weighted by atomic mass is 16.2. The van der Waals surface area contributed by atoms with Gasteiger partial charge < -0.3 is 10.2 Å². The predicted octanol–water partition coefficient (Wildman–Crippen LogP) is 1.65. The highest BCUT2D eigenvalue weighted by Crippen LogP contribution is 2.28. The van der Waals surface area contributed by atoms with Crippen molar-refractivity contribution in [3.8, 4) is 5.69 Å². The van der Waals surface area contributed by atoms with Gasteiger partial charge in [-0.1, -0.05) is 18.2 Å². The fourth-order valence-corrected chi connectivity index (χ4v) is 2.95. The quantitative estimate of drug-likeness (QED) is 0.913. The van der Waals surface area contributed by atoms with Crippen LogP contribution in [0.25, 0.3) is 5.69 Å². The number of hydrogen-bond acceptors (Lipinski definition) is 3. The molecular weight excluding hydrogens is 276 g/mol. The van der Waals surface area contributed by atoms with E-state index in [1.54, 1.807) is 4.90 Å². The van der Waals surface area contributed by atoms with Crippen LogP contribution in [0.3, 0.4) is 0 Å². The topological polar surface area (TPSA) is 50.2 Å². The van der Waals surface area contributed by atoms with Gasteiger partial charge in [-0.15, -0.1) is 0 Å². The zero-order valence-electron chi connectivity index (χ0n) is 13.2. The maximum Gasteiger partial charge on any atom is 0.274 e. The fraction of sp³-hybridized carbons (Fsp3) is 0.412. The lowest BCUT2D eigenvalue weighted by atomic mass is 10.2. The lowest BCUT2D eigenvalue weighted by molar-refractivity contribution is 0.0789. The summed E-state index contributed by atoms with van der Waals surface area (Å²) in [6, 6.07) is 10.1. The highest BCUT2D eigenvalue weighted by Gasteiger charge is 2.28. The van der Waals surface area contributed by atoms with Crippen molar-refractivity contribution in [2.24, 2.45) is 0 Å². The third-order valence-corrected chi connectivity index (χ3v) is 4.18. The van der Waals surface area contributed by atoms with Crippen molar-refractivity contribution in [1.29, 1.82) is 0 Å². The van der Waals surface area contributed by atoms with E-state index in [9.17, 15) is 4.79 Å². The number of benzene rings is 1. The number of aromatic nitrogens is 2. The molecule has 1 aliphatic rings. The second-order valence-electron chi connectivity index (χ2n) is 5.71. The molecule has 0 saturated heterocycles. The van der Waals surface area contributed by atoms with Crippen LogP contribution in [0.4, 0.5) is 0 Å². The average molecular weight is 298 g/mol. The van der Waals surface area contributed by atoms with Gasteiger partial charge in [0.05, 0.1) is 5.69 Å². The van der Waals surface area contributed by atoms with E-state index in [4.69, 9.17) is 0 Å². The molecule has 1 aliphatic carbocycles. The molecule has 116 valence electrons. The summed E-state index contributed by atoms with van der Waals surface area (Å²) in [6.45, 7) is 1.46. The molecule has 0 bridgehead atoms. The van der Waals surface area contributed by atoms with Crippen LogP contribution in [0.5, 0.6) is 0 Å². The van der Waals surface area contributed by atoms with Gasteiger partial charge in [-0.3, -0.25) is 4.79 Å². The first-order chi connectivity index (χ1) is 10.7. The maximum absolute atomic E-state index is 12.7. The first kappa shape index (κ1) is 14.8. The summed E-state index contributed by atoms with van der Waals surface area (Å²) >= 11 is 0. The molecular formula is C17H22N4O. The summed E-state index contributed by atoms with van der Waals surface area (Å²) in [5.41, 5.74) is 3.97. The molecule has 0 spiro atoms. The molecule has 2 aromatic rings. The van der Waals surface area contributed by atoms with Crippen molar-refractivity contribution in [2.45, 2.75) is 19.3 Å². The van der Waals surface area contributed by atoms with Crippen LogP contribution in [-0.2, 0) is 12.8 Å². The summed E-state index contributed by atoms with van der Waals surface area (Å²) in [6.07, 6.45) is 3.04. The van der Waals surface area contributed by atoms with Crippen LogP contribution < -0.4 is 5.32 Å². The number of amides is 1. The zero-order chi connectivity index (χ0) is 15.5. The summed E-state index contributed by atoms with van der Waals surface area (Å²) in [4.78, 5) is 14.4. The van der Waals surface area contributed by atoms with E-state index in [-0.39, 0.29) is 5.91 Å². The summed E-state index contributed by atoms with van der Waals surface area (Å²) in [7, 11) is 3.72. The van der Waals surface area contributed by atoms with Crippen LogP contribution >= 0.6 is 0 Å². The molecule has 0 fully saturated rings. The average Bonchev–Trinajstić information content (AvgIpc) is 3.15. The Morgan fingerprint density at radius 3 is 2.82 bits per heavy atom. The molecule has 3 rings (SSSR count). The smallest absolute Gasteiger partial charge is 0.274 e. The first-order valence-electron chi connectivity index (χ1n) is 7.78. The molecule has 0 unspecified atom stereocenters. The second kappa shape index (κ2) is 6.32. The molecule has 5 heteroatoms. The van der Waals surface area contributed by atoms with Crippen LogP contribution in [-0.4, -0.2) is 47.8 Å². The Morgan fingerprint density at radius 2 is 2.09 bits per heavy atom. The van der Waals surface area contributed by atoms with Crippen LogP contribution in [0.1, 0.15) is 28.2 Å². The molecule has 0 atom stereocenters. The SMILES string of the molecule is CNCCN(C)C(=O)c1nn(-c2ccccc2)c2c1CCC2. The van der Waals surface area contributed by atoms with Gasteiger partial charge in [0.2, 0.25) is 0 Å². The third-order valence-electron chi connectivity index (χ3n) is 4.18. The highest BCUT2D eigenvalue weighted by molar-refractivity contribution is 5.94. The lowest BCUT2D eigenvalue weighted by Crippen LogP contribution is -2.33. The zero-order valence-corrected chi connectivity index (χ0v) is 13.2. The molecule has 1 heterocycles. The monoisotopic (exact) mass is 298 g/mol. The minimum atomic E-state index is 0.0167. The second-order valence-corrected chi connectivity index (χ2v) is 5.71. The molecule has 0 radical (unpaired) electrons. The fourth-order valence-electron chi connectivity index (χ4n) is 2.95. The summed E-state index contributed by atoms with van der Waals surface area (Å²) in [5.74, 6) is 0.0167. The number of nitrogens with one attached hydrogen (secondary N) is 1. The van der Waals surface area contributed by atoms with Gasteiger partial charge in [-0.05, 0) is 38.4 Å². The van der Waals surface area contributed by atoms with Crippen molar-refractivity contribution < 1.29 is 4.79 Å². The Kier molecular flexibility index (Phi) is 4.24. The normalized spacial score (nSPS) is 13.2. The molecule has 5 nitrogen and oxygen atoms in total. The molecule has 0 aliphatic heterocycles. The van der Waals surface area contributed by atoms with Gasteiger partial charge in [0, 0.05) is 31.4 Å². The van der Waals surface area contributed by atoms with Crippen LogP contribution in [0.2, 0.25) is 0 Å². The molecule has 0 saturated carbocycles. The summed E-state index contributed by atoms with van der Waals surface area (Å²) < 4.78 is 1.95. The Balaban J connectivity index is 1.95. The number of fused-ring (bicyclic) bond motifs is 1. The van der Waals surface area contributed by atoms with Crippen LogP contribution in [0, 0.1) is 0 Å². The Labute approximate surface area is 130 Å². The molecule has 1 N–H and O–H groups in total. The number of para-hydroxylation sites is 1. The van der Waals surface area contributed by atoms with E-state index in [1.165, 1.54) is 5.69 Å². The van der Waals surface area contributed by atoms with Crippen molar-refractivity contribution in [1.82, 2.24) is 20.0 Å². The Hall–Kier alpha value is -2.14. The number of carbonyl (C=O) groups is 1. The van der Waals surface area contributed by atoms with E-state index in [0.29, 0.717) is 12.2 Å². The Bertz CT molecular complexity index is 663. The van der Waals surface area contributed by atoms with Crippen molar-refractivity contribution in [3.05, 3.63) is 47.3 Å². The number of nitrogens with zero attached hydrogens (tertiary/aromatic N) is 3. The Morgan fingerprint density at radius 1 is 1.32 bits per heavy atom. The number of hydrogen-bond donors (Lipinski definition) is 1. The summed E-state index contributed by atoms with van der Waals surface area (Å²) in [5, 5.41) is 7.71. The van der Waals surface area contributed by atoms with Gasteiger partial charge in [-0.2, -0.15) is 5.10 Å². The number of carbonyl (C=O) groups excluding carboxylic acids is 1. The lowest BCUT2D eigenvalue weighted by Gasteiger charge is -2.16. The maximum atomic E-state index is 12.7. The van der Waals surface area contributed by atoms with E-state index in [1.807, 2.05) is 49.1 Å². The van der Waals surface area contributed by atoms with Gasteiger partial charge in [0.25, 0.3) is 5.91 Å². The molecule has 1 amide bonds. The predicted molar refractivity (Wildman–Crippen MR) is 86.5 cm³/mol. The van der Waals surface area contributed by atoms with E-state index in [0.717, 1.165) is 37.1 Å². The standard InChI is InChI=1S/C17H22N4O/c1-18-11-12-20(2)17(22)16-14-9-6-10-15(14)21(19-16)13-7-4-3-5-8-13/h3-5,7-8,18H,6,9-12H2,1-2H3. The molecule has 22 heavy (non-hydrogen) atoms. The molecule has 1 aromatic carbocycles. The van der Waals surface area contributed by atoms with Gasteiger partial charge in [0.1, 0.15) is 0 Å². The number of rotatable bonds is 5. The number of likely N-dealkylation sites (N-methyl/N-ethyl adjacent to an activating group) is 2. The van der Waals surface area contributed by atoms with E-state index >= 15 is 0 Å². The van der Waals surface area contributed by atoms with Gasteiger partial charge in [0.15, 0.2) is 5.69 Å². The van der Waals surface area contributed by atoms with Crippen molar-refractivity contribution in [3.63, 3.8) is 0 Å². The largest absolute Gasteiger partial charge is 0.339 e. The van der Waals surface area contributed by atoms with Crippen molar-refractivity contribution in [2.75, 3.05) is 27.2 Å². The van der Waals surface area contributed by atoms with E-state index in [2.05, 4.69) is 10.4 Å². The van der Waals surface area contributed by atoms with Gasteiger partial charge in [-0.25, -0.2) is 4.68 Å². The van der Waals surface area contributed by atoms with Crippen molar-refractivity contribution >= 4 is 5.91 Å². The van der Waals surface area contributed by atoms with Crippen LogP contribution in [0.15, 0.2) is 30.3 Å². The van der Waals surface area contributed by atoms with Gasteiger partial charge >= 0.3 is 0 Å². The minimum absolute atomic E-state index is 0.0167. The minimum Gasteiger partial charge on any atom is -0.339 e. The van der Waals surface area contributed by atoms with E-state index < -0.39 is 0 Å². The third kappa shape index (κ3) is 2.64. The first-order valence-corrected chi connectivity index (χ1v) is 7.78. The molecule has 1 aromatic heterocycles.